The number of anilines is 1. The molecule has 1 fully saturated rings. The van der Waals surface area contributed by atoms with Crippen molar-refractivity contribution in [3.63, 3.8) is 0 Å². The van der Waals surface area contributed by atoms with E-state index in [1.54, 1.807) is 17.0 Å². The normalized spacial score (nSPS) is 14.7. The van der Waals surface area contributed by atoms with Crippen LogP contribution >= 0.6 is 0 Å². The van der Waals surface area contributed by atoms with E-state index < -0.39 is 26.7 Å². The van der Waals surface area contributed by atoms with Crippen molar-refractivity contribution >= 4 is 21.4 Å². The van der Waals surface area contributed by atoms with Crippen LogP contribution in [0.3, 0.4) is 0 Å². The molecule has 0 atom stereocenters. The summed E-state index contributed by atoms with van der Waals surface area (Å²) in [6.07, 6.45) is 0. The standard InChI is InChI=1S/C21H22N4O4S/c1-16-7-5-6-10-18(16)20-22-23-21(29-20)30(27,28)15-19(26)25-13-11-24(12-14-25)17-8-3-2-4-9-17/h2-10H,11-15H2,1H3. The summed E-state index contributed by atoms with van der Waals surface area (Å²) in [5, 5.41) is 6.99. The highest BCUT2D eigenvalue weighted by Gasteiger charge is 2.30. The first-order valence-corrected chi connectivity index (χ1v) is 11.3. The number of rotatable bonds is 5. The van der Waals surface area contributed by atoms with E-state index in [1.807, 2.05) is 49.4 Å². The maximum atomic E-state index is 12.6. The summed E-state index contributed by atoms with van der Waals surface area (Å²) in [6.45, 7) is 4.08. The van der Waals surface area contributed by atoms with Gasteiger partial charge in [-0.2, -0.15) is 0 Å². The molecule has 9 heteroatoms. The van der Waals surface area contributed by atoms with Crippen LogP contribution in [0.5, 0.6) is 0 Å². The maximum Gasteiger partial charge on any atom is 0.336 e. The van der Waals surface area contributed by atoms with Gasteiger partial charge in [0, 0.05) is 37.4 Å². The molecule has 1 aliphatic heterocycles. The van der Waals surface area contributed by atoms with E-state index in [-0.39, 0.29) is 5.89 Å². The molecule has 0 aliphatic carbocycles. The summed E-state index contributed by atoms with van der Waals surface area (Å²) >= 11 is 0. The Balaban J connectivity index is 1.40. The van der Waals surface area contributed by atoms with Gasteiger partial charge in [-0.1, -0.05) is 41.5 Å². The second-order valence-electron chi connectivity index (χ2n) is 7.15. The van der Waals surface area contributed by atoms with E-state index in [0.717, 1.165) is 11.3 Å². The summed E-state index contributed by atoms with van der Waals surface area (Å²) in [6, 6.07) is 17.2. The van der Waals surface area contributed by atoms with Crippen LogP contribution in [0.15, 0.2) is 64.2 Å². The lowest BCUT2D eigenvalue weighted by Gasteiger charge is -2.36. The number of aryl methyl sites for hydroxylation is 1. The molecule has 1 saturated heterocycles. The number of benzene rings is 2. The van der Waals surface area contributed by atoms with Gasteiger partial charge < -0.3 is 14.2 Å². The number of carbonyl (C=O) groups excluding carboxylic acids is 1. The molecule has 1 amide bonds. The van der Waals surface area contributed by atoms with Crippen LogP contribution in [0, 0.1) is 6.92 Å². The Kier molecular flexibility index (Phi) is 5.54. The molecular weight excluding hydrogens is 404 g/mol. The Morgan fingerprint density at radius 3 is 2.33 bits per heavy atom. The average Bonchev–Trinajstić information content (AvgIpc) is 3.26. The van der Waals surface area contributed by atoms with Gasteiger partial charge in [-0.3, -0.25) is 4.79 Å². The Bertz CT molecular complexity index is 1140. The molecule has 0 saturated carbocycles. The number of aromatic nitrogens is 2. The lowest BCUT2D eigenvalue weighted by molar-refractivity contribution is -0.128. The van der Waals surface area contributed by atoms with Crippen LogP contribution in [-0.2, 0) is 14.6 Å². The van der Waals surface area contributed by atoms with Gasteiger partial charge in [-0.25, -0.2) is 8.42 Å². The monoisotopic (exact) mass is 426 g/mol. The third kappa shape index (κ3) is 4.20. The van der Waals surface area contributed by atoms with E-state index in [1.165, 1.54) is 0 Å². The van der Waals surface area contributed by atoms with E-state index in [9.17, 15) is 13.2 Å². The Morgan fingerprint density at radius 1 is 0.967 bits per heavy atom. The van der Waals surface area contributed by atoms with Crippen molar-refractivity contribution in [1.82, 2.24) is 15.1 Å². The molecule has 4 rings (SSSR count). The predicted octanol–water partition coefficient (Wildman–Crippen LogP) is 2.17. The minimum atomic E-state index is -4.02. The number of carbonyl (C=O) groups is 1. The first-order chi connectivity index (χ1) is 14.4. The summed E-state index contributed by atoms with van der Waals surface area (Å²) in [5.74, 6) is -1.03. The third-order valence-corrected chi connectivity index (χ3v) is 6.44. The summed E-state index contributed by atoms with van der Waals surface area (Å²) in [7, 11) is -4.02. The number of hydrogen-bond acceptors (Lipinski definition) is 7. The van der Waals surface area contributed by atoms with Gasteiger partial charge >= 0.3 is 5.22 Å². The van der Waals surface area contributed by atoms with Crippen LogP contribution in [0.2, 0.25) is 0 Å². The van der Waals surface area contributed by atoms with Gasteiger partial charge in [0.1, 0.15) is 5.75 Å². The average molecular weight is 426 g/mol. The van der Waals surface area contributed by atoms with Crippen molar-refractivity contribution in [1.29, 1.82) is 0 Å². The lowest BCUT2D eigenvalue weighted by atomic mass is 10.1. The van der Waals surface area contributed by atoms with Gasteiger partial charge in [0.05, 0.1) is 0 Å². The fourth-order valence-electron chi connectivity index (χ4n) is 3.43. The number of amides is 1. The van der Waals surface area contributed by atoms with E-state index in [4.69, 9.17) is 4.42 Å². The highest BCUT2D eigenvalue weighted by Crippen LogP contribution is 2.23. The number of hydrogen-bond donors (Lipinski definition) is 0. The Labute approximate surface area is 175 Å². The first-order valence-electron chi connectivity index (χ1n) is 9.64. The van der Waals surface area contributed by atoms with E-state index >= 15 is 0 Å². The van der Waals surface area contributed by atoms with Crippen LogP contribution < -0.4 is 4.90 Å². The molecule has 156 valence electrons. The maximum absolute atomic E-state index is 12.6. The molecule has 0 unspecified atom stereocenters. The molecule has 1 aliphatic rings. The Morgan fingerprint density at radius 2 is 1.63 bits per heavy atom. The van der Waals surface area contributed by atoms with Gasteiger partial charge in [0.2, 0.25) is 21.6 Å². The lowest BCUT2D eigenvalue weighted by Crippen LogP contribution is -2.50. The molecule has 2 heterocycles. The van der Waals surface area contributed by atoms with Crippen LogP contribution in [0.4, 0.5) is 5.69 Å². The zero-order chi connectivity index (χ0) is 21.1. The number of piperazine rings is 1. The molecule has 3 aromatic rings. The summed E-state index contributed by atoms with van der Waals surface area (Å²) < 4.78 is 30.7. The minimum absolute atomic E-state index is 0.121. The van der Waals surface area contributed by atoms with Crippen LogP contribution in [0.25, 0.3) is 11.5 Å². The highest BCUT2D eigenvalue weighted by atomic mass is 32.2. The molecule has 8 nitrogen and oxygen atoms in total. The molecule has 0 radical (unpaired) electrons. The molecule has 0 N–H and O–H groups in total. The van der Waals surface area contributed by atoms with Crippen molar-refractivity contribution in [2.45, 2.75) is 12.1 Å². The highest BCUT2D eigenvalue weighted by molar-refractivity contribution is 7.91. The predicted molar refractivity (Wildman–Crippen MR) is 112 cm³/mol. The molecular formula is C21H22N4O4S. The molecule has 1 aromatic heterocycles. The Hall–Kier alpha value is -3.20. The smallest absolute Gasteiger partial charge is 0.336 e. The second-order valence-corrected chi connectivity index (χ2v) is 9.02. The van der Waals surface area contributed by atoms with Crippen LogP contribution in [0.1, 0.15) is 5.56 Å². The quantitative estimate of drug-likeness (QED) is 0.617. The fourth-order valence-corrected chi connectivity index (χ4v) is 4.43. The van der Waals surface area contributed by atoms with Crippen molar-refractivity contribution in [3.05, 3.63) is 60.2 Å². The summed E-state index contributed by atoms with van der Waals surface area (Å²) in [4.78, 5) is 16.3. The minimum Gasteiger partial charge on any atom is -0.408 e. The molecule has 0 bridgehead atoms. The molecule has 30 heavy (non-hydrogen) atoms. The number of sulfone groups is 1. The molecule has 0 spiro atoms. The van der Waals surface area contributed by atoms with Crippen LogP contribution in [-0.4, -0.2) is 61.4 Å². The van der Waals surface area contributed by atoms with Gasteiger partial charge in [0.15, 0.2) is 0 Å². The van der Waals surface area contributed by atoms with E-state index in [0.29, 0.717) is 31.7 Å². The zero-order valence-corrected chi connectivity index (χ0v) is 17.4. The van der Waals surface area contributed by atoms with Crippen molar-refractivity contribution in [2.24, 2.45) is 0 Å². The van der Waals surface area contributed by atoms with Crippen molar-refractivity contribution < 1.29 is 17.6 Å². The summed E-state index contributed by atoms with van der Waals surface area (Å²) in [5.41, 5.74) is 2.64. The van der Waals surface area contributed by atoms with Gasteiger partial charge in [0.25, 0.3) is 0 Å². The number of nitrogens with zero attached hydrogens (tertiary/aromatic N) is 4. The molecule has 2 aromatic carbocycles. The van der Waals surface area contributed by atoms with Crippen molar-refractivity contribution in [3.8, 4) is 11.5 Å². The third-order valence-electron chi connectivity index (χ3n) is 5.12. The topological polar surface area (TPSA) is 96.6 Å². The first kappa shape index (κ1) is 20.1. The number of para-hydroxylation sites is 1. The zero-order valence-electron chi connectivity index (χ0n) is 16.6. The second kappa shape index (κ2) is 8.27. The fraction of sp³-hybridized carbons (Fsp3) is 0.286. The SMILES string of the molecule is Cc1ccccc1-c1nnc(S(=O)(=O)CC(=O)N2CCN(c3ccccc3)CC2)o1. The van der Waals surface area contributed by atoms with Crippen molar-refractivity contribution in [2.75, 3.05) is 36.8 Å². The van der Waals surface area contributed by atoms with Gasteiger partial charge in [-0.15, -0.1) is 5.10 Å². The van der Waals surface area contributed by atoms with E-state index in [2.05, 4.69) is 15.1 Å². The van der Waals surface area contributed by atoms with Gasteiger partial charge in [-0.05, 0) is 30.7 Å². The largest absolute Gasteiger partial charge is 0.408 e.